The molecule has 2 aromatic rings. The number of anilines is 1. The summed E-state index contributed by atoms with van der Waals surface area (Å²) in [5, 5.41) is 22.3. The molecule has 156 valence electrons. The second-order valence-electron chi connectivity index (χ2n) is 4.36. The van der Waals surface area contributed by atoms with Gasteiger partial charge in [0, 0.05) is 24.1 Å². The zero-order valence-corrected chi connectivity index (χ0v) is 16.1. The fraction of sp³-hybridized carbons (Fsp3) is 0.167. The van der Waals surface area contributed by atoms with E-state index in [1.54, 1.807) is 0 Å². The number of nitrogens with two attached hydrogens (primary N) is 1. The molecule has 2 rings (SSSR count). The van der Waals surface area contributed by atoms with Gasteiger partial charge < -0.3 is 5.73 Å². The molecule has 0 saturated heterocycles. The molecule has 0 aromatic carbocycles. The van der Waals surface area contributed by atoms with Crippen LogP contribution in [0.2, 0.25) is 0 Å². The van der Waals surface area contributed by atoms with Gasteiger partial charge in [0.05, 0.1) is 9.40 Å². The molecule has 0 saturated carbocycles. The summed E-state index contributed by atoms with van der Waals surface area (Å²) in [5.74, 6) is 0. The number of halogens is 8. The highest BCUT2D eigenvalue weighted by Crippen LogP contribution is 2.33. The lowest BCUT2D eigenvalue weighted by molar-refractivity contribution is -0.386. The number of nitrogens with zero attached hydrogens (tertiary/aromatic N) is 3. The molecule has 4 N–H and O–H groups in total. The Labute approximate surface area is 168 Å². The standard InChI is InChI=1S/C6H2BrF3N2O2.C6H4BrF3N2.H2O2/c7-3-2-11-5(6(8,9)10)1-4(3)12(13)14;7-3-2-12-5(1-4(3)11)6(8,9)10;1-2/h1-2H;1-2H,(H2,11,12);1-2H. The predicted molar refractivity (Wildman–Crippen MR) is 90.2 cm³/mol. The second kappa shape index (κ2) is 10.5. The molecule has 0 fully saturated rings. The molecule has 2 aromatic heterocycles. The van der Waals surface area contributed by atoms with Crippen LogP contribution in [0.4, 0.5) is 37.7 Å². The molecule has 28 heavy (non-hydrogen) atoms. The van der Waals surface area contributed by atoms with E-state index in [9.17, 15) is 36.5 Å². The van der Waals surface area contributed by atoms with Crippen molar-refractivity contribution in [3.8, 4) is 0 Å². The third kappa shape index (κ3) is 7.91. The number of nitro groups is 1. The molecule has 0 bridgehead atoms. The third-order valence-electron chi connectivity index (χ3n) is 2.50. The van der Waals surface area contributed by atoms with Crippen molar-refractivity contribution in [1.82, 2.24) is 9.97 Å². The maximum atomic E-state index is 12.1. The summed E-state index contributed by atoms with van der Waals surface area (Å²) >= 11 is 5.67. The van der Waals surface area contributed by atoms with Crippen LogP contribution in [-0.4, -0.2) is 25.4 Å². The van der Waals surface area contributed by atoms with Crippen LogP contribution in [0.25, 0.3) is 0 Å². The fourth-order valence-corrected chi connectivity index (χ4v) is 1.91. The first-order valence-electron chi connectivity index (χ1n) is 6.28. The van der Waals surface area contributed by atoms with E-state index in [-0.39, 0.29) is 10.2 Å². The summed E-state index contributed by atoms with van der Waals surface area (Å²) in [6.45, 7) is 0. The number of nitrogen functional groups attached to an aromatic ring is 1. The number of hydrogen-bond donors (Lipinski definition) is 3. The molecule has 0 amide bonds. The van der Waals surface area contributed by atoms with Crippen LogP contribution in [0.3, 0.4) is 0 Å². The number of hydrogen-bond acceptors (Lipinski definition) is 7. The van der Waals surface area contributed by atoms with Crippen molar-refractivity contribution < 1.29 is 41.8 Å². The Morgan fingerprint density at radius 1 is 0.929 bits per heavy atom. The minimum absolute atomic E-state index is 0.0253. The van der Waals surface area contributed by atoms with Crippen molar-refractivity contribution in [3.63, 3.8) is 0 Å². The summed E-state index contributed by atoms with van der Waals surface area (Å²) in [6, 6.07) is 1.16. The molecule has 0 aliphatic carbocycles. The van der Waals surface area contributed by atoms with E-state index in [0.29, 0.717) is 10.5 Å². The highest BCUT2D eigenvalue weighted by atomic mass is 79.9. The number of alkyl halides is 6. The first-order valence-corrected chi connectivity index (χ1v) is 7.87. The van der Waals surface area contributed by atoms with Gasteiger partial charge in [-0.05, 0) is 37.9 Å². The average Bonchev–Trinajstić information content (AvgIpc) is 2.58. The molecule has 0 aliphatic rings. The van der Waals surface area contributed by atoms with Crippen LogP contribution < -0.4 is 5.73 Å². The molecule has 0 radical (unpaired) electrons. The number of pyridine rings is 2. The molecule has 0 aliphatic heterocycles. The SMILES string of the molecule is Nc1cc(C(F)(F)F)ncc1Br.O=[N+]([O-])c1cc(C(F)(F)F)ncc1Br.OO. The molecular weight excluding hydrogens is 538 g/mol. The van der Waals surface area contributed by atoms with Crippen LogP contribution in [0.5, 0.6) is 0 Å². The van der Waals surface area contributed by atoms with Gasteiger partial charge in [0.2, 0.25) is 0 Å². The molecule has 0 atom stereocenters. The normalized spacial score (nSPS) is 10.9. The quantitative estimate of drug-likeness (QED) is 0.193. The highest BCUT2D eigenvalue weighted by Gasteiger charge is 2.34. The number of rotatable bonds is 1. The Kier molecular flexibility index (Phi) is 9.73. The zero-order valence-electron chi connectivity index (χ0n) is 13.0. The van der Waals surface area contributed by atoms with Crippen LogP contribution in [0, 0.1) is 10.1 Å². The first kappa shape index (κ1) is 26.0. The van der Waals surface area contributed by atoms with Crippen LogP contribution in [0.1, 0.15) is 11.4 Å². The maximum Gasteiger partial charge on any atom is 0.433 e. The van der Waals surface area contributed by atoms with Gasteiger partial charge in [0.15, 0.2) is 5.69 Å². The highest BCUT2D eigenvalue weighted by molar-refractivity contribution is 9.11. The molecule has 2 heterocycles. The minimum Gasteiger partial charge on any atom is -0.398 e. The summed E-state index contributed by atoms with van der Waals surface area (Å²) in [7, 11) is 0. The van der Waals surface area contributed by atoms with Gasteiger partial charge in [-0.3, -0.25) is 30.6 Å². The van der Waals surface area contributed by atoms with Crippen LogP contribution in [0.15, 0.2) is 33.5 Å². The predicted octanol–water partition coefficient (Wildman–Crippen LogP) is 5.23. The Balaban J connectivity index is 0.000000483. The van der Waals surface area contributed by atoms with Gasteiger partial charge in [-0.25, -0.2) is 0 Å². The smallest absolute Gasteiger partial charge is 0.398 e. The minimum atomic E-state index is -4.68. The topological polar surface area (TPSA) is 135 Å². The van der Waals surface area contributed by atoms with Gasteiger partial charge >= 0.3 is 12.4 Å². The van der Waals surface area contributed by atoms with Crippen molar-refractivity contribution in [1.29, 1.82) is 0 Å². The van der Waals surface area contributed by atoms with E-state index in [2.05, 4.69) is 41.8 Å². The lowest BCUT2D eigenvalue weighted by Gasteiger charge is -2.06. The van der Waals surface area contributed by atoms with E-state index in [1.807, 2.05) is 0 Å². The van der Waals surface area contributed by atoms with Gasteiger partial charge in [-0.15, -0.1) is 0 Å². The Bertz CT molecular complexity index is 820. The summed E-state index contributed by atoms with van der Waals surface area (Å²) < 4.78 is 72.4. The van der Waals surface area contributed by atoms with Gasteiger partial charge in [0.1, 0.15) is 10.2 Å². The van der Waals surface area contributed by atoms with Crippen molar-refractivity contribution in [2.45, 2.75) is 12.4 Å². The van der Waals surface area contributed by atoms with E-state index in [4.69, 9.17) is 16.2 Å². The van der Waals surface area contributed by atoms with E-state index in [0.717, 1.165) is 18.5 Å². The fourth-order valence-electron chi connectivity index (χ4n) is 1.33. The molecular formula is C12H8Br2F6N4O4. The Hall–Kier alpha value is -2.04. The summed E-state index contributed by atoms with van der Waals surface area (Å²) in [4.78, 5) is 15.5. The third-order valence-corrected chi connectivity index (χ3v) is 3.77. The van der Waals surface area contributed by atoms with Crippen molar-refractivity contribution in [2.75, 3.05) is 5.73 Å². The van der Waals surface area contributed by atoms with Crippen LogP contribution in [-0.2, 0) is 12.4 Å². The van der Waals surface area contributed by atoms with Crippen molar-refractivity contribution in [3.05, 3.63) is 55.0 Å². The van der Waals surface area contributed by atoms with E-state index < -0.39 is 34.4 Å². The molecule has 16 heteroatoms. The van der Waals surface area contributed by atoms with Crippen LogP contribution >= 0.6 is 31.9 Å². The van der Waals surface area contributed by atoms with E-state index in [1.165, 1.54) is 0 Å². The molecule has 8 nitrogen and oxygen atoms in total. The lowest BCUT2D eigenvalue weighted by Crippen LogP contribution is -2.08. The monoisotopic (exact) mass is 544 g/mol. The Morgan fingerprint density at radius 3 is 1.68 bits per heavy atom. The zero-order chi connectivity index (χ0) is 22.3. The molecule has 0 unspecified atom stereocenters. The second-order valence-corrected chi connectivity index (χ2v) is 6.07. The molecule has 0 spiro atoms. The summed E-state index contributed by atoms with van der Waals surface area (Å²) in [6.07, 6.45) is -7.33. The largest absolute Gasteiger partial charge is 0.433 e. The summed E-state index contributed by atoms with van der Waals surface area (Å²) in [5.41, 5.74) is 2.33. The van der Waals surface area contributed by atoms with Gasteiger partial charge in [-0.1, -0.05) is 0 Å². The Morgan fingerprint density at radius 2 is 1.32 bits per heavy atom. The maximum absolute atomic E-state index is 12.1. The van der Waals surface area contributed by atoms with Crippen molar-refractivity contribution in [2.24, 2.45) is 0 Å². The first-order chi connectivity index (χ1) is 12.7. The lowest BCUT2D eigenvalue weighted by atomic mass is 10.3. The van der Waals surface area contributed by atoms with Gasteiger partial charge in [-0.2, -0.15) is 26.3 Å². The van der Waals surface area contributed by atoms with E-state index >= 15 is 0 Å². The number of aromatic nitrogens is 2. The van der Waals surface area contributed by atoms with Crippen molar-refractivity contribution >= 4 is 43.2 Å². The average molecular weight is 546 g/mol. The van der Waals surface area contributed by atoms with Gasteiger partial charge in [0.25, 0.3) is 5.69 Å².